The molecule has 0 fully saturated rings. The lowest BCUT2D eigenvalue weighted by Crippen LogP contribution is -2.36. The third kappa shape index (κ3) is 8.06. The summed E-state index contributed by atoms with van der Waals surface area (Å²) in [6.07, 6.45) is 3.15. The van der Waals surface area contributed by atoms with E-state index in [0.29, 0.717) is 5.41 Å². The number of rotatable bonds is 5. The molecule has 3 nitrogen and oxygen atoms in total. The van der Waals surface area contributed by atoms with Crippen molar-refractivity contribution >= 4 is 6.09 Å². The average molecular weight is 243 g/mol. The molecule has 0 radical (unpaired) electrons. The van der Waals surface area contributed by atoms with Gasteiger partial charge in [-0.3, -0.25) is 0 Å². The number of ether oxygens (including phenoxy) is 1. The molecule has 0 N–H and O–H groups in total. The maximum absolute atomic E-state index is 11.7. The minimum atomic E-state index is -0.412. The molecule has 0 bridgehead atoms. The van der Waals surface area contributed by atoms with Gasteiger partial charge < -0.3 is 9.64 Å². The number of carbonyl (C=O) groups excluding carboxylic acids is 1. The van der Waals surface area contributed by atoms with Crippen molar-refractivity contribution in [2.45, 2.75) is 66.4 Å². The standard InChI is InChI=1S/C14H29NO2/c1-8-9-14(5,6)10-11-15(7)12(16)17-13(2,3)4/h8-11H2,1-7H3. The zero-order valence-electron chi connectivity index (χ0n) is 12.6. The maximum atomic E-state index is 11.7. The van der Waals surface area contributed by atoms with E-state index < -0.39 is 5.60 Å². The summed E-state index contributed by atoms with van der Waals surface area (Å²) in [6.45, 7) is 13.1. The highest BCUT2D eigenvalue weighted by molar-refractivity contribution is 5.67. The molecule has 0 aromatic carbocycles. The highest BCUT2D eigenvalue weighted by Crippen LogP contribution is 2.26. The summed E-state index contributed by atoms with van der Waals surface area (Å²) < 4.78 is 5.31. The van der Waals surface area contributed by atoms with Gasteiger partial charge in [0.15, 0.2) is 0 Å². The molecule has 17 heavy (non-hydrogen) atoms. The Morgan fingerprint density at radius 3 is 2.06 bits per heavy atom. The first kappa shape index (κ1) is 16.3. The molecule has 0 rings (SSSR count). The van der Waals surface area contributed by atoms with Crippen LogP contribution in [0.5, 0.6) is 0 Å². The molecule has 0 heterocycles. The van der Waals surface area contributed by atoms with Crippen LogP contribution in [0, 0.1) is 5.41 Å². The van der Waals surface area contributed by atoms with E-state index in [1.54, 1.807) is 11.9 Å². The van der Waals surface area contributed by atoms with Gasteiger partial charge in [-0.2, -0.15) is 0 Å². The Bertz CT molecular complexity index is 241. The fourth-order valence-corrected chi connectivity index (χ4v) is 1.70. The Kier molecular flexibility index (Phi) is 6.00. The SMILES string of the molecule is CCCC(C)(C)CCN(C)C(=O)OC(C)(C)C. The molecule has 0 saturated heterocycles. The molecule has 0 aliphatic carbocycles. The van der Waals surface area contributed by atoms with E-state index in [-0.39, 0.29) is 6.09 Å². The van der Waals surface area contributed by atoms with Gasteiger partial charge in [-0.15, -0.1) is 0 Å². The fraction of sp³-hybridized carbons (Fsp3) is 0.929. The van der Waals surface area contributed by atoms with Crippen LogP contribution >= 0.6 is 0 Å². The fourth-order valence-electron chi connectivity index (χ4n) is 1.70. The predicted octanol–water partition coefficient (Wildman–Crippen LogP) is 4.07. The average Bonchev–Trinajstić information content (AvgIpc) is 2.11. The lowest BCUT2D eigenvalue weighted by molar-refractivity contribution is 0.0280. The van der Waals surface area contributed by atoms with Gasteiger partial charge in [0.05, 0.1) is 0 Å². The van der Waals surface area contributed by atoms with Crippen molar-refractivity contribution in [3.63, 3.8) is 0 Å². The molecule has 3 heteroatoms. The molecular weight excluding hydrogens is 214 g/mol. The van der Waals surface area contributed by atoms with Crippen molar-refractivity contribution in [3.05, 3.63) is 0 Å². The summed E-state index contributed by atoms with van der Waals surface area (Å²) in [5, 5.41) is 0. The highest BCUT2D eigenvalue weighted by Gasteiger charge is 2.22. The van der Waals surface area contributed by atoms with Crippen molar-refractivity contribution in [1.29, 1.82) is 0 Å². The highest BCUT2D eigenvalue weighted by atomic mass is 16.6. The summed E-state index contributed by atoms with van der Waals surface area (Å²) in [5.74, 6) is 0. The first-order valence-electron chi connectivity index (χ1n) is 6.51. The summed E-state index contributed by atoms with van der Waals surface area (Å²) in [4.78, 5) is 13.4. The molecule has 0 atom stereocenters. The van der Waals surface area contributed by atoms with Crippen LogP contribution < -0.4 is 0 Å². The molecule has 0 aliphatic heterocycles. The van der Waals surface area contributed by atoms with Crippen LogP contribution in [0.1, 0.15) is 60.8 Å². The Balaban J connectivity index is 4.10. The molecule has 0 aromatic rings. The molecule has 0 spiro atoms. The van der Waals surface area contributed by atoms with E-state index in [9.17, 15) is 4.79 Å². The van der Waals surface area contributed by atoms with Crippen LogP contribution in [-0.2, 0) is 4.74 Å². The second-order valence-corrected chi connectivity index (χ2v) is 6.57. The van der Waals surface area contributed by atoms with Gasteiger partial charge in [-0.25, -0.2) is 4.79 Å². The Hall–Kier alpha value is -0.730. The topological polar surface area (TPSA) is 29.5 Å². The normalized spacial score (nSPS) is 12.4. The van der Waals surface area contributed by atoms with Gasteiger partial charge in [-0.05, 0) is 39.0 Å². The third-order valence-electron chi connectivity index (χ3n) is 2.76. The zero-order chi connectivity index (χ0) is 13.7. The summed E-state index contributed by atoms with van der Waals surface area (Å²) in [7, 11) is 1.80. The second kappa shape index (κ2) is 6.27. The van der Waals surface area contributed by atoms with Gasteiger partial charge in [0, 0.05) is 13.6 Å². The van der Waals surface area contributed by atoms with Crippen LogP contribution in [0.3, 0.4) is 0 Å². The quantitative estimate of drug-likeness (QED) is 0.728. The lowest BCUT2D eigenvalue weighted by Gasteiger charge is -2.29. The summed E-state index contributed by atoms with van der Waals surface area (Å²) in [5.41, 5.74) is -0.116. The first-order chi connectivity index (χ1) is 7.57. The Labute approximate surface area is 107 Å². The second-order valence-electron chi connectivity index (χ2n) is 6.57. The first-order valence-corrected chi connectivity index (χ1v) is 6.51. The van der Waals surface area contributed by atoms with Crippen molar-refractivity contribution < 1.29 is 9.53 Å². The van der Waals surface area contributed by atoms with Crippen molar-refractivity contribution in [1.82, 2.24) is 4.90 Å². The number of carbonyl (C=O) groups is 1. The Morgan fingerprint density at radius 1 is 1.12 bits per heavy atom. The zero-order valence-corrected chi connectivity index (χ0v) is 12.6. The molecule has 0 saturated carbocycles. The van der Waals surface area contributed by atoms with Crippen LogP contribution in [0.2, 0.25) is 0 Å². The van der Waals surface area contributed by atoms with Crippen LogP contribution in [-0.4, -0.2) is 30.2 Å². The third-order valence-corrected chi connectivity index (χ3v) is 2.76. The van der Waals surface area contributed by atoms with E-state index in [4.69, 9.17) is 4.74 Å². The monoisotopic (exact) mass is 243 g/mol. The number of amides is 1. The summed E-state index contributed by atoms with van der Waals surface area (Å²) in [6, 6.07) is 0. The molecular formula is C14H29NO2. The van der Waals surface area contributed by atoms with Crippen LogP contribution in [0.15, 0.2) is 0 Å². The van der Waals surface area contributed by atoms with E-state index >= 15 is 0 Å². The van der Waals surface area contributed by atoms with Crippen molar-refractivity contribution in [3.8, 4) is 0 Å². The predicted molar refractivity (Wildman–Crippen MR) is 72.2 cm³/mol. The Morgan fingerprint density at radius 2 is 1.65 bits per heavy atom. The van der Waals surface area contributed by atoms with Crippen LogP contribution in [0.25, 0.3) is 0 Å². The van der Waals surface area contributed by atoms with Crippen molar-refractivity contribution in [2.24, 2.45) is 5.41 Å². The number of hydrogen-bond donors (Lipinski definition) is 0. The van der Waals surface area contributed by atoms with E-state index in [1.807, 2.05) is 20.8 Å². The smallest absolute Gasteiger partial charge is 0.410 e. The minimum absolute atomic E-state index is 0.232. The van der Waals surface area contributed by atoms with Crippen LogP contribution in [0.4, 0.5) is 4.79 Å². The largest absolute Gasteiger partial charge is 0.444 e. The number of hydrogen-bond acceptors (Lipinski definition) is 2. The number of nitrogens with zero attached hydrogens (tertiary/aromatic N) is 1. The van der Waals surface area contributed by atoms with E-state index in [0.717, 1.165) is 13.0 Å². The molecule has 0 aliphatic rings. The molecule has 102 valence electrons. The molecule has 0 aromatic heterocycles. The molecule has 0 unspecified atom stereocenters. The molecule has 1 amide bonds. The van der Waals surface area contributed by atoms with Gasteiger partial charge >= 0.3 is 6.09 Å². The summed E-state index contributed by atoms with van der Waals surface area (Å²) >= 11 is 0. The van der Waals surface area contributed by atoms with Gasteiger partial charge in [0.1, 0.15) is 5.60 Å². The van der Waals surface area contributed by atoms with E-state index in [1.165, 1.54) is 12.8 Å². The minimum Gasteiger partial charge on any atom is -0.444 e. The van der Waals surface area contributed by atoms with Gasteiger partial charge in [0.25, 0.3) is 0 Å². The maximum Gasteiger partial charge on any atom is 0.410 e. The van der Waals surface area contributed by atoms with Crippen molar-refractivity contribution in [2.75, 3.05) is 13.6 Å². The van der Waals surface area contributed by atoms with Gasteiger partial charge in [-0.1, -0.05) is 27.2 Å². The lowest BCUT2D eigenvalue weighted by atomic mass is 9.84. The van der Waals surface area contributed by atoms with E-state index in [2.05, 4.69) is 20.8 Å². The van der Waals surface area contributed by atoms with Gasteiger partial charge in [0.2, 0.25) is 0 Å².